The van der Waals surface area contributed by atoms with E-state index in [2.05, 4.69) is 0 Å². The Morgan fingerprint density at radius 3 is 1.52 bits per heavy atom. The number of methoxy groups -OCH3 is 1. The summed E-state index contributed by atoms with van der Waals surface area (Å²) in [5, 5.41) is 21.9. The van der Waals surface area contributed by atoms with Crippen molar-refractivity contribution in [1.29, 1.82) is 0 Å². The number of benzene rings is 3. The molecule has 0 aliphatic carbocycles. The maximum atomic E-state index is 11.0. The van der Waals surface area contributed by atoms with Crippen LogP contribution in [0.15, 0.2) is 91.0 Å². The normalized spacial score (nSPS) is 26.5. The molecule has 1 saturated heterocycles. The van der Waals surface area contributed by atoms with Crippen LogP contribution in [0.1, 0.15) is 23.6 Å². The van der Waals surface area contributed by atoms with E-state index in [0.29, 0.717) is 0 Å². The number of aliphatic hydroxyl groups excluding tert-OH is 2. The van der Waals surface area contributed by atoms with Crippen molar-refractivity contribution in [1.82, 2.24) is 0 Å². The van der Waals surface area contributed by atoms with Crippen LogP contribution >= 0.6 is 0 Å². The molecule has 3 aromatic carbocycles. The highest BCUT2D eigenvalue weighted by atomic mass is 16.7. The van der Waals surface area contributed by atoms with Crippen LogP contribution in [0.3, 0.4) is 0 Å². The van der Waals surface area contributed by atoms with Gasteiger partial charge in [-0.1, -0.05) is 91.0 Å². The second-order valence-electron chi connectivity index (χ2n) is 7.79. The van der Waals surface area contributed by atoms with E-state index in [1.54, 1.807) is 6.92 Å². The van der Waals surface area contributed by atoms with Crippen LogP contribution < -0.4 is 0 Å². The van der Waals surface area contributed by atoms with Crippen molar-refractivity contribution in [3.8, 4) is 0 Å². The molecule has 162 valence electrons. The van der Waals surface area contributed by atoms with Crippen LogP contribution in [0.4, 0.5) is 0 Å². The minimum atomic E-state index is -1.17. The van der Waals surface area contributed by atoms with E-state index in [1.165, 1.54) is 7.11 Å². The van der Waals surface area contributed by atoms with Gasteiger partial charge in [-0.3, -0.25) is 0 Å². The molecular formula is C26H28O5. The molecule has 0 spiro atoms. The first-order chi connectivity index (χ1) is 15.1. The van der Waals surface area contributed by atoms with Crippen LogP contribution in [0, 0.1) is 0 Å². The van der Waals surface area contributed by atoms with Gasteiger partial charge in [0.25, 0.3) is 0 Å². The summed E-state index contributed by atoms with van der Waals surface area (Å²) in [5.74, 6) is 0. The van der Waals surface area contributed by atoms with Gasteiger partial charge in [0.2, 0.25) is 0 Å². The summed E-state index contributed by atoms with van der Waals surface area (Å²) in [6, 6.07) is 29.6. The molecule has 31 heavy (non-hydrogen) atoms. The molecule has 0 saturated carbocycles. The Morgan fingerprint density at radius 1 is 0.710 bits per heavy atom. The van der Waals surface area contributed by atoms with Gasteiger partial charge in [-0.2, -0.15) is 0 Å². The fraction of sp³-hybridized carbons (Fsp3) is 0.308. The van der Waals surface area contributed by atoms with Crippen LogP contribution in [0.5, 0.6) is 0 Å². The van der Waals surface area contributed by atoms with Crippen molar-refractivity contribution >= 4 is 0 Å². The number of aliphatic hydroxyl groups is 2. The predicted octanol–water partition coefficient (Wildman–Crippen LogP) is 3.48. The molecule has 2 N–H and O–H groups in total. The van der Waals surface area contributed by atoms with E-state index in [0.717, 1.165) is 16.7 Å². The number of hydrogen-bond acceptors (Lipinski definition) is 5. The van der Waals surface area contributed by atoms with Gasteiger partial charge in [0.15, 0.2) is 6.29 Å². The Bertz CT molecular complexity index is 851. The van der Waals surface area contributed by atoms with Crippen molar-refractivity contribution in [3.05, 3.63) is 108 Å². The summed E-state index contributed by atoms with van der Waals surface area (Å²) < 4.78 is 17.7. The zero-order chi connectivity index (χ0) is 21.8. The summed E-state index contributed by atoms with van der Waals surface area (Å²) in [7, 11) is 1.47. The van der Waals surface area contributed by atoms with Crippen molar-refractivity contribution in [3.63, 3.8) is 0 Å². The van der Waals surface area contributed by atoms with Crippen LogP contribution in [0.2, 0.25) is 0 Å². The molecule has 3 aromatic rings. The SMILES string of the molecule is CO[C@@H]1O[C@@H](C)[C@H](O)[C@@H](OC(c2ccccc2)(c2ccccc2)c2ccccc2)[C@H]1O. The van der Waals surface area contributed by atoms with Gasteiger partial charge < -0.3 is 24.4 Å². The molecule has 1 fully saturated rings. The first-order valence-corrected chi connectivity index (χ1v) is 10.5. The van der Waals surface area contributed by atoms with Crippen LogP contribution in [-0.4, -0.2) is 48.0 Å². The molecule has 1 heterocycles. The van der Waals surface area contributed by atoms with Gasteiger partial charge in [0, 0.05) is 7.11 Å². The number of ether oxygens (including phenoxy) is 3. The quantitative estimate of drug-likeness (QED) is 0.598. The van der Waals surface area contributed by atoms with Gasteiger partial charge in [-0.25, -0.2) is 0 Å². The summed E-state index contributed by atoms with van der Waals surface area (Å²) in [6.45, 7) is 1.74. The molecule has 5 nitrogen and oxygen atoms in total. The lowest BCUT2D eigenvalue weighted by molar-refractivity contribution is -0.304. The molecular weight excluding hydrogens is 392 g/mol. The average molecular weight is 421 g/mol. The topological polar surface area (TPSA) is 68.2 Å². The standard InChI is InChI=1S/C26H28O5/c1-18-22(27)24(23(28)25(29-2)30-18)31-26(19-12-6-3-7-13-19,20-14-8-4-9-15-20)21-16-10-5-11-17-21/h3-18,22-25,27-28H,1-2H3/t18-,22-,23+,24+,25+/m0/s1. The smallest absolute Gasteiger partial charge is 0.186 e. The van der Waals surface area contributed by atoms with E-state index in [4.69, 9.17) is 14.2 Å². The Morgan fingerprint density at radius 2 is 1.13 bits per heavy atom. The van der Waals surface area contributed by atoms with Crippen molar-refractivity contribution in [2.24, 2.45) is 0 Å². The summed E-state index contributed by atoms with van der Waals surface area (Å²) in [6.07, 6.45) is -4.64. The highest BCUT2D eigenvalue weighted by Crippen LogP contribution is 2.43. The molecule has 0 aromatic heterocycles. The molecule has 4 rings (SSSR count). The van der Waals surface area contributed by atoms with Gasteiger partial charge in [-0.05, 0) is 23.6 Å². The highest BCUT2D eigenvalue weighted by molar-refractivity contribution is 5.47. The third kappa shape index (κ3) is 4.03. The maximum absolute atomic E-state index is 11.0. The largest absolute Gasteiger partial charge is 0.388 e. The maximum Gasteiger partial charge on any atom is 0.186 e. The predicted molar refractivity (Wildman–Crippen MR) is 117 cm³/mol. The summed E-state index contributed by atoms with van der Waals surface area (Å²) in [5.41, 5.74) is 1.60. The van der Waals surface area contributed by atoms with Gasteiger partial charge >= 0.3 is 0 Å². The second kappa shape index (κ2) is 9.30. The average Bonchev–Trinajstić information content (AvgIpc) is 2.83. The van der Waals surface area contributed by atoms with Crippen molar-refractivity contribution in [2.75, 3.05) is 7.11 Å². The van der Waals surface area contributed by atoms with Gasteiger partial charge in [0.1, 0.15) is 23.9 Å². The van der Waals surface area contributed by atoms with Crippen molar-refractivity contribution < 1.29 is 24.4 Å². The van der Waals surface area contributed by atoms with Gasteiger partial charge in [-0.15, -0.1) is 0 Å². The molecule has 0 amide bonds. The van der Waals surface area contributed by atoms with E-state index >= 15 is 0 Å². The van der Waals surface area contributed by atoms with E-state index in [-0.39, 0.29) is 0 Å². The van der Waals surface area contributed by atoms with Crippen molar-refractivity contribution in [2.45, 2.75) is 43.2 Å². The molecule has 1 aliphatic heterocycles. The van der Waals surface area contributed by atoms with Crippen LogP contribution in [-0.2, 0) is 19.8 Å². The summed E-state index contributed by atoms with van der Waals surface area (Å²) >= 11 is 0. The first-order valence-electron chi connectivity index (χ1n) is 10.5. The monoisotopic (exact) mass is 420 g/mol. The molecule has 1 aliphatic rings. The lowest BCUT2D eigenvalue weighted by atomic mass is 9.79. The summed E-state index contributed by atoms with van der Waals surface area (Å²) in [4.78, 5) is 0. The number of hydrogen-bond donors (Lipinski definition) is 2. The lowest BCUT2D eigenvalue weighted by Gasteiger charge is -2.46. The second-order valence-corrected chi connectivity index (χ2v) is 7.79. The lowest BCUT2D eigenvalue weighted by Crippen LogP contribution is -2.60. The molecule has 0 radical (unpaired) electrons. The van der Waals surface area contributed by atoms with E-state index < -0.39 is 36.3 Å². The fourth-order valence-corrected chi connectivity index (χ4v) is 4.26. The molecule has 5 atom stereocenters. The third-order valence-corrected chi connectivity index (χ3v) is 5.87. The molecule has 0 unspecified atom stereocenters. The zero-order valence-electron chi connectivity index (χ0n) is 17.7. The van der Waals surface area contributed by atoms with Gasteiger partial charge in [0.05, 0.1) is 6.10 Å². The fourth-order valence-electron chi connectivity index (χ4n) is 4.26. The third-order valence-electron chi connectivity index (χ3n) is 5.87. The first kappa shape index (κ1) is 21.7. The minimum Gasteiger partial charge on any atom is -0.388 e. The Balaban J connectivity index is 1.92. The Hall–Kier alpha value is -2.54. The Labute approximate surface area is 182 Å². The van der Waals surface area contributed by atoms with E-state index in [1.807, 2.05) is 91.0 Å². The Kier molecular flexibility index (Phi) is 6.51. The van der Waals surface area contributed by atoms with Crippen LogP contribution in [0.25, 0.3) is 0 Å². The molecule has 0 bridgehead atoms. The highest BCUT2D eigenvalue weighted by Gasteiger charge is 2.49. The molecule has 5 heteroatoms. The zero-order valence-corrected chi connectivity index (χ0v) is 17.7. The minimum absolute atomic E-state index is 0.571. The number of rotatable bonds is 6. The van der Waals surface area contributed by atoms with E-state index in [9.17, 15) is 10.2 Å².